The Morgan fingerprint density at radius 3 is 2.30 bits per heavy atom. The molecule has 0 unspecified atom stereocenters. The molecule has 1 saturated carbocycles. The van der Waals surface area contributed by atoms with Gasteiger partial charge in [-0.15, -0.1) is 0 Å². The van der Waals surface area contributed by atoms with Gasteiger partial charge in [0.15, 0.2) is 0 Å². The second-order valence-corrected chi connectivity index (χ2v) is 6.46. The Balaban J connectivity index is 1.47. The van der Waals surface area contributed by atoms with Crippen LogP contribution in [0.2, 0.25) is 0 Å². The van der Waals surface area contributed by atoms with Gasteiger partial charge in [0.25, 0.3) is 5.91 Å². The molecule has 0 spiro atoms. The zero-order valence-electron chi connectivity index (χ0n) is 13.8. The van der Waals surface area contributed by atoms with E-state index in [0.29, 0.717) is 25.7 Å². The van der Waals surface area contributed by atoms with E-state index in [-0.39, 0.29) is 11.8 Å². The summed E-state index contributed by atoms with van der Waals surface area (Å²) < 4.78 is 0. The molecule has 5 nitrogen and oxygen atoms in total. The first-order chi connectivity index (χ1) is 11.2. The van der Waals surface area contributed by atoms with Crippen LogP contribution in [0.1, 0.15) is 35.7 Å². The zero-order valence-corrected chi connectivity index (χ0v) is 13.8. The number of hydrogen-bond donors (Lipinski definition) is 1. The zero-order chi connectivity index (χ0) is 16.2. The van der Waals surface area contributed by atoms with Gasteiger partial charge in [0.2, 0.25) is 5.91 Å². The highest BCUT2D eigenvalue weighted by atomic mass is 16.2. The van der Waals surface area contributed by atoms with Crippen molar-refractivity contribution in [2.24, 2.45) is 0 Å². The quantitative estimate of drug-likeness (QED) is 0.891. The number of carbonyl (C=O) groups excluding carboxylic acids is 2. The van der Waals surface area contributed by atoms with Crippen molar-refractivity contribution < 1.29 is 9.59 Å². The van der Waals surface area contributed by atoms with Crippen molar-refractivity contribution in [2.45, 2.75) is 32.2 Å². The lowest BCUT2D eigenvalue weighted by Gasteiger charge is -2.34. The first-order valence-corrected chi connectivity index (χ1v) is 8.55. The third-order valence-corrected chi connectivity index (χ3v) is 4.58. The average Bonchev–Trinajstić information content (AvgIpc) is 3.39. The first-order valence-electron chi connectivity index (χ1n) is 8.55. The molecule has 0 bridgehead atoms. The lowest BCUT2D eigenvalue weighted by atomic mass is 10.1. The fourth-order valence-electron chi connectivity index (χ4n) is 2.88. The van der Waals surface area contributed by atoms with Gasteiger partial charge in [-0.25, -0.2) is 0 Å². The minimum Gasteiger partial charge on any atom is -0.352 e. The van der Waals surface area contributed by atoms with Gasteiger partial charge in [0, 0.05) is 37.8 Å². The monoisotopic (exact) mass is 315 g/mol. The number of amides is 2. The van der Waals surface area contributed by atoms with Crippen LogP contribution in [0.3, 0.4) is 0 Å². The maximum absolute atomic E-state index is 12.5. The summed E-state index contributed by atoms with van der Waals surface area (Å²) in [5.41, 5.74) is 2.00. The van der Waals surface area contributed by atoms with E-state index >= 15 is 0 Å². The number of piperazine rings is 1. The summed E-state index contributed by atoms with van der Waals surface area (Å²) in [4.78, 5) is 28.3. The van der Waals surface area contributed by atoms with Crippen LogP contribution in [0.15, 0.2) is 24.3 Å². The molecule has 124 valence electrons. The molecule has 1 saturated heterocycles. The van der Waals surface area contributed by atoms with Crippen molar-refractivity contribution in [3.63, 3.8) is 0 Å². The van der Waals surface area contributed by atoms with Crippen molar-refractivity contribution in [2.75, 3.05) is 32.7 Å². The van der Waals surface area contributed by atoms with E-state index < -0.39 is 0 Å². The number of hydrogen-bond acceptors (Lipinski definition) is 3. The second-order valence-electron chi connectivity index (χ2n) is 6.46. The predicted molar refractivity (Wildman–Crippen MR) is 89.3 cm³/mol. The molecular weight excluding hydrogens is 290 g/mol. The molecule has 23 heavy (non-hydrogen) atoms. The summed E-state index contributed by atoms with van der Waals surface area (Å²) in [7, 11) is 0. The van der Waals surface area contributed by atoms with Crippen molar-refractivity contribution in [1.29, 1.82) is 0 Å². The summed E-state index contributed by atoms with van der Waals surface area (Å²) in [6, 6.07) is 8.28. The SMILES string of the molecule is CCc1ccc(C(=O)N2CCN(CC(=O)NC3CC3)CC2)cc1. The van der Waals surface area contributed by atoms with E-state index in [4.69, 9.17) is 0 Å². The summed E-state index contributed by atoms with van der Waals surface area (Å²) >= 11 is 0. The molecule has 5 heteroatoms. The molecule has 1 heterocycles. The Bertz CT molecular complexity index is 558. The highest BCUT2D eigenvalue weighted by Gasteiger charge is 2.26. The fourth-order valence-corrected chi connectivity index (χ4v) is 2.88. The van der Waals surface area contributed by atoms with E-state index in [1.807, 2.05) is 29.2 Å². The predicted octanol–water partition coefficient (Wildman–Crippen LogP) is 1.29. The molecule has 3 rings (SSSR count). The highest BCUT2D eigenvalue weighted by molar-refractivity contribution is 5.94. The molecule has 0 atom stereocenters. The summed E-state index contributed by atoms with van der Waals surface area (Å²) in [6.07, 6.45) is 3.21. The molecule has 1 aliphatic heterocycles. The second kappa shape index (κ2) is 7.13. The topological polar surface area (TPSA) is 52.7 Å². The van der Waals surface area contributed by atoms with Gasteiger partial charge >= 0.3 is 0 Å². The summed E-state index contributed by atoms with van der Waals surface area (Å²) in [5, 5.41) is 3.01. The fraction of sp³-hybridized carbons (Fsp3) is 0.556. The summed E-state index contributed by atoms with van der Waals surface area (Å²) in [6.45, 7) is 5.45. The van der Waals surface area contributed by atoms with Gasteiger partial charge in [-0.05, 0) is 37.0 Å². The van der Waals surface area contributed by atoms with Gasteiger partial charge in [-0.3, -0.25) is 14.5 Å². The number of nitrogens with zero attached hydrogens (tertiary/aromatic N) is 2. The van der Waals surface area contributed by atoms with Crippen LogP contribution in [0.25, 0.3) is 0 Å². The standard InChI is InChI=1S/C18H25N3O2/c1-2-14-3-5-15(6-4-14)18(23)21-11-9-20(10-12-21)13-17(22)19-16-7-8-16/h3-6,16H,2,7-13H2,1H3,(H,19,22). The van der Waals surface area contributed by atoms with Crippen LogP contribution in [0.4, 0.5) is 0 Å². The molecule has 0 aromatic heterocycles. The molecule has 0 radical (unpaired) electrons. The maximum Gasteiger partial charge on any atom is 0.253 e. The highest BCUT2D eigenvalue weighted by Crippen LogP contribution is 2.18. The Hall–Kier alpha value is -1.88. The number of benzene rings is 1. The minimum atomic E-state index is 0.0923. The number of rotatable bonds is 5. The number of carbonyl (C=O) groups is 2. The molecular formula is C18H25N3O2. The van der Waals surface area contributed by atoms with Crippen LogP contribution in [0, 0.1) is 0 Å². The Morgan fingerprint density at radius 1 is 1.09 bits per heavy atom. The van der Waals surface area contributed by atoms with Gasteiger partial charge in [0.1, 0.15) is 0 Å². The Labute approximate surface area is 137 Å². The van der Waals surface area contributed by atoms with Crippen LogP contribution in [-0.4, -0.2) is 60.4 Å². The van der Waals surface area contributed by atoms with Crippen molar-refractivity contribution in [1.82, 2.24) is 15.1 Å². The summed E-state index contributed by atoms with van der Waals surface area (Å²) in [5.74, 6) is 0.206. The van der Waals surface area contributed by atoms with Crippen molar-refractivity contribution in [3.05, 3.63) is 35.4 Å². The number of aryl methyl sites for hydroxylation is 1. The molecule has 2 aliphatic rings. The van der Waals surface area contributed by atoms with Crippen LogP contribution in [-0.2, 0) is 11.2 Å². The van der Waals surface area contributed by atoms with Crippen molar-refractivity contribution >= 4 is 11.8 Å². The minimum absolute atomic E-state index is 0.0923. The molecule has 1 N–H and O–H groups in total. The number of nitrogens with one attached hydrogen (secondary N) is 1. The maximum atomic E-state index is 12.5. The van der Waals surface area contributed by atoms with Crippen molar-refractivity contribution in [3.8, 4) is 0 Å². The van der Waals surface area contributed by atoms with E-state index in [1.54, 1.807) is 0 Å². The Morgan fingerprint density at radius 2 is 1.74 bits per heavy atom. The molecule has 2 fully saturated rings. The molecule has 1 aromatic carbocycles. The van der Waals surface area contributed by atoms with E-state index in [2.05, 4.69) is 17.1 Å². The smallest absolute Gasteiger partial charge is 0.253 e. The van der Waals surface area contributed by atoms with Gasteiger partial charge < -0.3 is 10.2 Å². The lowest BCUT2D eigenvalue weighted by molar-refractivity contribution is -0.122. The van der Waals surface area contributed by atoms with Gasteiger partial charge in [-0.2, -0.15) is 0 Å². The third kappa shape index (κ3) is 4.32. The third-order valence-electron chi connectivity index (χ3n) is 4.58. The molecule has 2 amide bonds. The molecule has 1 aromatic rings. The normalized spacial score (nSPS) is 18.7. The van der Waals surface area contributed by atoms with Gasteiger partial charge in [-0.1, -0.05) is 19.1 Å². The average molecular weight is 315 g/mol. The van der Waals surface area contributed by atoms with Gasteiger partial charge in [0.05, 0.1) is 6.54 Å². The lowest BCUT2D eigenvalue weighted by Crippen LogP contribution is -2.51. The van der Waals surface area contributed by atoms with E-state index in [9.17, 15) is 9.59 Å². The van der Waals surface area contributed by atoms with E-state index in [1.165, 1.54) is 5.56 Å². The first kappa shape index (κ1) is 16.0. The van der Waals surface area contributed by atoms with Crippen LogP contribution < -0.4 is 5.32 Å². The largest absolute Gasteiger partial charge is 0.352 e. The molecule has 1 aliphatic carbocycles. The van der Waals surface area contributed by atoms with Crippen LogP contribution in [0.5, 0.6) is 0 Å². The van der Waals surface area contributed by atoms with Crippen LogP contribution >= 0.6 is 0 Å². The van der Waals surface area contributed by atoms with E-state index in [0.717, 1.165) is 37.9 Å². The Kier molecular flexibility index (Phi) is 4.96.